The van der Waals surface area contributed by atoms with Gasteiger partial charge in [0.25, 0.3) is 11.8 Å². The molecule has 1 aliphatic carbocycles. The summed E-state index contributed by atoms with van der Waals surface area (Å²) in [6, 6.07) is 9.79. The molecule has 4 amide bonds. The second kappa shape index (κ2) is 15.8. The van der Waals surface area contributed by atoms with Gasteiger partial charge in [0, 0.05) is 83.1 Å². The van der Waals surface area contributed by atoms with Gasteiger partial charge in [-0.15, -0.1) is 0 Å². The van der Waals surface area contributed by atoms with E-state index in [4.69, 9.17) is 27.9 Å². The SMILES string of the molecule is [C-]#[N+]c1ccc(OC2CCC(N3Cc4cc(N5CCC(CN6CCN(c7cc8c(cc7F)C(=O)N(C7CCC(=O)NC7=O)C8)CC6)CC5)ncc4C3=O)CC2)cc1Cl. The fourth-order valence-corrected chi connectivity index (χ4v) is 9.92. The van der Waals surface area contributed by atoms with Crippen LogP contribution in [-0.2, 0) is 22.7 Å². The Hall–Kier alpha value is -5.26. The van der Waals surface area contributed by atoms with Crippen LogP contribution in [0.2, 0.25) is 5.02 Å². The van der Waals surface area contributed by atoms with Crippen molar-refractivity contribution in [2.75, 3.05) is 55.6 Å². The van der Waals surface area contributed by atoms with E-state index in [-0.39, 0.29) is 54.8 Å². The Morgan fingerprint density at radius 1 is 0.828 bits per heavy atom. The molecule has 3 saturated heterocycles. The van der Waals surface area contributed by atoms with Crippen LogP contribution in [0, 0.1) is 18.3 Å². The van der Waals surface area contributed by atoms with Gasteiger partial charge in [-0.2, -0.15) is 0 Å². The number of nitrogens with zero attached hydrogens (tertiary/aromatic N) is 7. The van der Waals surface area contributed by atoms with Gasteiger partial charge in [0.2, 0.25) is 17.5 Å². The number of hydrogen-bond acceptors (Lipinski definition) is 9. The molecule has 0 spiro atoms. The molecule has 9 rings (SSSR count). The minimum atomic E-state index is -0.727. The van der Waals surface area contributed by atoms with Gasteiger partial charge in [-0.1, -0.05) is 17.7 Å². The van der Waals surface area contributed by atoms with Crippen molar-refractivity contribution in [3.05, 3.63) is 87.1 Å². The molecule has 13 nitrogen and oxygen atoms in total. The number of piperidine rings is 2. The second-order valence-corrected chi connectivity index (χ2v) is 16.9. The highest BCUT2D eigenvalue weighted by molar-refractivity contribution is 6.33. The fraction of sp³-hybridized carbons (Fsp3) is 0.488. The van der Waals surface area contributed by atoms with Crippen LogP contribution in [-0.4, -0.2) is 107 Å². The van der Waals surface area contributed by atoms with Crippen LogP contribution in [0.4, 0.5) is 21.6 Å². The lowest BCUT2D eigenvalue weighted by Crippen LogP contribution is -2.52. The van der Waals surface area contributed by atoms with Gasteiger partial charge in [0.05, 0.1) is 28.9 Å². The molecule has 5 aliphatic heterocycles. The molecule has 15 heteroatoms. The van der Waals surface area contributed by atoms with Gasteiger partial charge in [0.1, 0.15) is 23.4 Å². The third-order valence-electron chi connectivity index (χ3n) is 13.0. The number of imide groups is 1. The van der Waals surface area contributed by atoms with E-state index in [2.05, 4.69) is 30.9 Å². The number of carbonyl (C=O) groups excluding carboxylic acids is 4. The molecule has 1 aromatic heterocycles. The number of carbonyl (C=O) groups is 4. The van der Waals surface area contributed by atoms with E-state index in [1.165, 1.54) is 11.0 Å². The molecule has 1 saturated carbocycles. The predicted molar refractivity (Wildman–Crippen MR) is 215 cm³/mol. The standard InChI is InChI=1S/C43H46ClFN8O5/c1-46-36-7-6-31(20-34(36)44)58-30-4-2-29(3-5-30)52-24-28-19-39(47-22-33(28)43(52)57)51-12-10-26(11-13-51)23-49-14-16-50(17-15-49)38-18-27-25-53(42(56)32(27)21-35(38)45)37-8-9-40(54)48-41(37)55/h6-7,18-22,26,29-30,37H,2-5,8-17,23-25H2,(H,48,54,55). The van der Waals surface area contributed by atoms with Gasteiger partial charge < -0.3 is 24.3 Å². The first kappa shape index (κ1) is 38.3. The van der Waals surface area contributed by atoms with Gasteiger partial charge in [-0.3, -0.25) is 29.4 Å². The van der Waals surface area contributed by atoms with Crippen LogP contribution in [0.3, 0.4) is 0 Å². The van der Waals surface area contributed by atoms with E-state index >= 15 is 4.39 Å². The molecule has 1 atom stereocenters. The summed E-state index contributed by atoms with van der Waals surface area (Å²) in [5, 5.41) is 2.71. The first-order valence-corrected chi connectivity index (χ1v) is 20.8. The number of piperazine rings is 1. The van der Waals surface area contributed by atoms with Crippen molar-refractivity contribution in [2.24, 2.45) is 5.92 Å². The van der Waals surface area contributed by atoms with Gasteiger partial charge in [-0.25, -0.2) is 14.2 Å². The summed E-state index contributed by atoms with van der Waals surface area (Å²) in [5.41, 5.74) is 3.64. The average Bonchev–Trinajstić information content (AvgIpc) is 3.73. The Morgan fingerprint density at radius 3 is 2.28 bits per heavy atom. The smallest absolute Gasteiger partial charge is 0.256 e. The Morgan fingerprint density at radius 2 is 1.55 bits per heavy atom. The Labute approximate surface area is 341 Å². The summed E-state index contributed by atoms with van der Waals surface area (Å²) < 4.78 is 21.6. The average molecular weight is 809 g/mol. The number of rotatable bonds is 8. The van der Waals surface area contributed by atoms with Crippen LogP contribution in [0.15, 0.2) is 42.6 Å². The summed E-state index contributed by atoms with van der Waals surface area (Å²) in [5.74, 6) is 0.586. The van der Waals surface area contributed by atoms with E-state index in [1.54, 1.807) is 30.5 Å². The normalized spacial score (nSPS) is 24.2. The van der Waals surface area contributed by atoms with Crippen LogP contribution < -0.4 is 19.9 Å². The number of halogens is 2. The molecule has 58 heavy (non-hydrogen) atoms. The molecular formula is C43H46ClFN8O5. The van der Waals surface area contributed by atoms with Crippen molar-refractivity contribution >= 4 is 52.4 Å². The lowest BCUT2D eigenvalue weighted by atomic mass is 9.92. The maximum Gasteiger partial charge on any atom is 0.256 e. The van der Waals surface area contributed by atoms with Crippen molar-refractivity contribution in [3.63, 3.8) is 0 Å². The van der Waals surface area contributed by atoms with Crippen LogP contribution in [0.1, 0.15) is 83.2 Å². The minimum Gasteiger partial charge on any atom is -0.490 e. The van der Waals surface area contributed by atoms with Crippen molar-refractivity contribution in [3.8, 4) is 5.75 Å². The van der Waals surface area contributed by atoms with E-state index in [0.29, 0.717) is 58.8 Å². The van der Waals surface area contributed by atoms with Gasteiger partial charge >= 0.3 is 0 Å². The molecule has 2 aromatic carbocycles. The number of pyridine rings is 1. The zero-order chi connectivity index (χ0) is 40.1. The van der Waals surface area contributed by atoms with E-state index < -0.39 is 17.8 Å². The lowest BCUT2D eigenvalue weighted by Gasteiger charge is -2.40. The number of nitrogens with one attached hydrogen (secondary N) is 1. The predicted octanol–water partition coefficient (Wildman–Crippen LogP) is 5.57. The number of ether oxygens (including phenoxy) is 1. The number of hydrogen-bond donors (Lipinski definition) is 1. The molecule has 4 fully saturated rings. The number of amides is 4. The van der Waals surface area contributed by atoms with E-state index in [1.807, 2.05) is 4.90 Å². The van der Waals surface area contributed by atoms with Crippen molar-refractivity contribution in [1.29, 1.82) is 0 Å². The molecule has 3 aromatic rings. The summed E-state index contributed by atoms with van der Waals surface area (Å²) in [4.78, 5) is 69.2. The fourth-order valence-electron chi connectivity index (χ4n) is 9.70. The summed E-state index contributed by atoms with van der Waals surface area (Å²) in [6.45, 7) is 13.8. The number of fused-ring (bicyclic) bond motifs is 2. The monoisotopic (exact) mass is 808 g/mol. The second-order valence-electron chi connectivity index (χ2n) is 16.5. The highest BCUT2D eigenvalue weighted by Crippen LogP contribution is 2.37. The first-order chi connectivity index (χ1) is 28.1. The Kier molecular flexibility index (Phi) is 10.4. The Bertz CT molecular complexity index is 2190. The number of benzene rings is 2. The lowest BCUT2D eigenvalue weighted by molar-refractivity contribution is -0.136. The molecule has 302 valence electrons. The van der Waals surface area contributed by atoms with E-state index in [0.717, 1.165) is 82.6 Å². The number of anilines is 2. The zero-order valence-corrected chi connectivity index (χ0v) is 33.1. The summed E-state index contributed by atoms with van der Waals surface area (Å²) in [6.07, 6.45) is 7.75. The minimum absolute atomic E-state index is 0.0454. The maximum absolute atomic E-state index is 15.5. The van der Waals surface area contributed by atoms with Gasteiger partial charge in [0.15, 0.2) is 0 Å². The number of aromatic nitrogens is 1. The van der Waals surface area contributed by atoms with Crippen LogP contribution >= 0.6 is 11.6 Å². The summed E-state index contributed by atoms with van der Waals surface area (Å²) >= 11 is 6.20. The van der Waals surface area contributed by atoms with E-state index in [9.17, 15) is 19.2 Å². The van der Waals surface area contributed by atoms with Crippen molar-refractivity contribution < 1.29 is 28.3 Å². The van der Waals surface area contributed by atoms with Crippen LogP contribution in [0.25, 0.3) is 4.85 Å². The molecule has 6 heterocycles. The molecule has 6 aliphatic rings. The van der Waals surface area contributed by atoms with Crippen molar-refractivity contribution in [2.45, 2.75) is 82.6 Å². The van der Waals surface area contributed by atoms with Crippen LogP contribution in [0.5, 0.6) is 5.75 Å². The first-order valence-electron chi connectivity index (χ1n) is 20.4. The molecule has 1 unspecified atom stereocenters. The largest absolute Gasteiger partial charge is 0.490 e. The Balaban J connectivity index is 0.731. The van der Waals surface area contributed by atoms with Gasteiger partial charge in [-0.05, 0) is 92.3 Å². The third kappa shape index (κ3) is 7.46. The summed E-state index contributed by atoms with van der Waals surface area (Å²) in [7, 11) is 0. The third-order valence-corrected chi connectivity index (χ3v) is 13.3. The highest BCUT2D eigenvalue weighted by atomic mass is 35.5. The van der Waals surface area contributed by atoms with Crippen molar-refractivity contribution in [1.82, 2.24) is 25.0 Å². The molecule has 0 bridgehead atoms. The molecular weight excluding hydrogens is 763 g/mol. The zero-order valence-electron chi connectivity index (χ0n) is 32.3. The quantitative estimate of drug-likeness (QED) is 0.230. The maximum atomic E-state index is 15.5. The topological polar surface area (TPSA) is 123 Å². The highest BCUT2D eigenvalue weighted by Gasteiger charge is 2.40. The molecule has 0 radical (unpaired) electrons. The molecule has 1 N–H and O–H groups in total.